The highest BCUT2D eigenvalue weighted by atomic mass is 16.4. The molecule has 0 atom stereocenters. The maximum absolute atomic E-state index is 9.09. The van der Waals surface area contributed by atoms with Gasteiger partial charge in [0, 0.05) is 10.8 Å². The number of fused-ring (bicyclic) bond motifs is 3. The Morgan fingerprint density at radius 3 is 2.56 bits per heavy atom. The summed E-state index contributed by atoms with van der Waals surface area (Å²) in [6.45, 7) is 0. The molecular formula is C12H9BO3. The van der Waals surface area contributed by atoms with Gasteiger partial charge in [0.15, 0.2) is 0 Å². The Labute approximate surface area is 92.1 Å². The van der Waals surface area contributed by atoms with E-state index in [0.29, 0.717) is 5.46 Å². The summed E-state index contributed by atoms with van der Waals surface area (Å²) in [6, 6.07) is 11.1. The van der Waals surface area contributed by atoms with E-state index in [1.165, 1.54) is 0 Å². The topological polar surface area (TPSA) is 53.6 Å². The Morgan fingerprint density at radius 1 is 0.938 bits per heavy atom. The molecule has 0 saturated heterocycles. The van der Waals surface area contributed by atoms with Gasteiger partial charge >= 0.3 is 7.12 Å². The lowest BCUT2D eigenvalue weighted by atomic mass is 9.79. The normalized spacial score (nSPS) is 11.1. The summed E-state index contributed by atoms with van der Waals surface area (Å²) < 4.78 is 5.41. The molecule has 1 aromatic heterocycles. The second-order valence-electron chi connectivity index (χ2n) is 3.76. The summed E-state index contributed by atoms with van der Waals surface area (Å²) in [6.07, 6.45) is 1.65. The van der Waals surface area contributed by atoms with Crippen molar-refractivity contribution in [2.45, 2.75) is 0 Å². The molecule has 3 rings (SSSR count). The van der Waals surface area contributed by atoms with E-state index >= 15 is 0 Å². The van der Waals surface area contributed by atoms with Crippen LogP contribution in [0.3, 0.4) is 0 Å². The highest BCUT2D eigenvalue weighted by Crippen LogP contribution is 2.25. The van der Waals surface area contributed by atoms with Crippen molar-refractivity contribution in [2.75, 3.05) is 0 Å². The molecule has 0 bridgehead atoms. The smallest absolute Gasteiger partial charge is 0.464 e. The Kier molecular flexibility index (Phi) is 1.99. The zero-order valence-corrected chi connectivity index (χ0v) is 8.42. The van der Waals surface area contributed by atoms with Gasteiger partial charge in [-0.2, -0.15) is 0 Å². The fourth-order valence-corrected chi connectivity index (χ4v) is 1.94. The molecule has 0 spiro atoms. The molecule has 0 aliphatic carbocycles. The largest absolute Gasteiger partial charge is 0.488 e. The van der Waals surface area contributed by atoms with Gasteiger partial charge in [-0.3, -0.25) is 0 Å². The number of furan rings is 1. The highest BCUT2D eigenvalue weighted by molar-refractivity contribution is 6.59. The Bertz CT molecular complexity index is 657. The molecule has 0 saturated carbocycles. The standard InChI is InChI=1S/C12H9BO3/c14-13(15)10-3-4-11-9(7-10)2-1-8-5-6-16-12(8)11/h1-7,14-15H. The van der Waals surface area contributed by atoms with Crippen LogP contribution in [0, 0.1) is 0 Å². The van der Waals surface area contributed by atoms with Crippen molar-refractivity contribution in [1.29, 1.82) is 0 Å². The van der Waals surface area contributed by atoms with Gasteiger partial charge in [0.05, 0.1) is 6.26 Å². The van der Waals surface area contributed by atoms with Crippen molar-refractivity contribution in [2.24, 2.45) is 0 Å². The van der Waals surface area contributed by atoms with Crippen LogP contribution >= 0.6 is 0 Å². The van der Waals surface area contributed by atoms with E-state index in [4.69, 9.17) is 14.5 Å². The molecule has 1 heterocycles. The number of benzene rings is 2. The highest BCUT2D eigenvalue weighted by Gasteiger charge is 2.12. The molecule has 3 aromatic rings. The molecule has 0 radical (unpaired) electrons. The average molecular weight is 212 g/mol. The monoisotopic (exact) mass is 212 g/mol. The first-order chi connectivity index (χ1) is 7.75. The predicted octanol–water partition coefficient (Wildman–Crippen LogP) is 1.27. The zero-order chi connectivity index (χ0) is 11.1. The van der Waals surface area contributed by atoms with Crippen LogP contribution in [0.2, 0.25) is 0 Å². The van der Waals surface area contributed by atoms with E-state index in [1.807, 2.05) is 24.3 Å². The first-order valence-electron chi connectivity index (χ1n) is 5.02. The third-order valence-electron chi connectivity index (χ3n) is 2.76. The van der Waals surface area contributed by atoms with E-state index in [0.717, 1.165) is 21.7 Å². The van der Waals surface area contributed by atoms with Crippen LogP contribution in [-0.2, 0) is 0 Å². The first-order valence-corrected chi connectivity index (χ1v) is 5.02. The van der Waals surface area contributed by atoms with Crippen LogP contribution in [0.1, 0.15) is 0 Å². The summed E-state index contributed by atoms with van der Waals surface area (Å²) in [7, 11) is -1.43. The molecule has 0 amide bonds. The first kappa shape index (κ1) is 9.45. The molecule has 4 heteroatoms. The molecule has 2 aromatic carbocycles. The predicted molar refractivity (Wildman–Crippen MR) is 63.5 cm³/mol. The van der Waals surface area contributed by atoms with Crippen LogP contribution in [0.4, 0.5) is 0 Å². The van der Waals surface area contributed by atoms with E-state index in [1.54, 1.807) is 18.4 Å². The minimum absolute atomic E-state index is 0.485. The molecule has 0 unspecified atom stereocenters. The summed E-state index contributed by atoms with van der Waals surface area (Å²) in [4.78, 5) is 0. The van der Waals surface area contributed by atoms with Crippen molar-refractivity contribution < 1.29 is 14.5 Å². The van der Waals surface area contributed by atoms with Gasteiger partial charge in [-0.15, -0.1) is 0 Å². The van der Waals surface area contributed by atoms with Crippen molar-refractivity contribution in [3.8, 4) is 0 Å². The van der Waals surface area contributed by atoms with Crippen LogP contribution in [-0.4, -0.2) is 17.2 Å². The maximum Gasteiger partial charge on any atom is 0.488 e. The molecule has 78 valence electrons. The van der Waals surface area contributed by atoms with Gasteiger partial charge in [0.2, 0.25) is 0 Å². The van der Waals surface area contributed by atoms with Crippen LogP contribution in [0.15, 0.2) is 47.1 Å². The molecule has 0 fully saturated rings. The van der Waals surface area contributed by atoms with E-state index < -0.39 is 7.12 Å². The van der Waals surface area contributed by atoms with Crippen molar-refractivity contribution >= 4 is 34.3 Å². The van der Waals surface area contributed by atoms with Crippen molar-refractivity contribution in [3.05, 3.63) is 42.7 Å². The van der Waals surface area contributed by atoms with Gasteiger partial charge in [0.1, 0.15) is 5.58 Å². The summed E-state index contributed by atoms with van der Waals surface area (Å²) in [5.41, 5.74) is 1.31. The van der Waals surface area contributed by atoms with Crippen LogP contribution in [0.25, 0.3) is 21.7 Å². The van der Waals surface area contributed by atoms with Gasteiger partial charge < -0.3 is 14.5 Å². The van der Waals surface area contributed by atoms with E-state index in [2.05, 4.69) is 0 Å². The second-order valence-corrected chi connectivity index (χ2v) is 3.76. The molecule has 2 N–H and O–H groups in total. The van der Waals surface area contributed by atoms with Crippen LogP contribution < -0.4 is 5.46 Å². The summed E-state index contributed by atoms with van der Waals surface area (Å²) in [5.74, 6) is 0. The lowest BCUT2D eigenvalue weighted by Gasteiger charge is -2.02. The molecule has 0 aliphatic rings. The third kappa shape index (κ3) is 1.32. The lowest BCUT2D eigenvalue weighted by molar-refractivity contribution is 0.426. The minimum Gasteiger partial charge on any atom is -0.464 e. The quantitative estimate of drug-likeness (QED) is 0.597. The van der Waals surface area contributed by atoms with Crippen molar-refractivity contribution in [1.82, 2.24) is 0 Å². The fraction of sp³-hybridized carbons (Fsp3) is 0. The maximum atomic E-state index is 9.09. The average Bonchev–Trinajstić information content (AvgIpc) is 2.76. The Morgan fingerprint density at radius 2 is 1.75 bits per heavy atom. The summed E-state index contributed by atoms with van der Waals surface area (Å²) >= 11 is 0. The van der Waals surface area contributed by atoms with Crippen LogP contribution in [0.5, 0.6) is 0 Å². The van der Waals surface area contributed by atoms with Gasteiger partial charge in [0.25, 0.3) is 0 Å². The number of rotatable bonds is 1. The lowest BCUT2D eigenvalue weighted by Crippen LogP contribution is -2.29. The Hall–Kier alpha value is -1.78. The minimum atomic E-state index is -1.43. The second kappa shape index (κ2) is 3.37. The molecular weight excluding hydrogens is 203 g/mol. The third-order valence-corrected chi connectivity index (χ3v) is 2.76. The van der Waals surface area contributed by atoms with Gasteiger partial charge in [-0.25, -0.2) is 0 Å². The fourth-order valence-electron chi connectivity index (χ4n) is 1.94. The number of hydrogen-bond acceptors (Lipinski definition) is 3. The molecule has 3 nitrogen and oxygen atoms in total. The van der Waals surface area contributed by atoms with Gasteiger partial charge in [-0.1, -0.05) is 30.3 Å². The molecule has 16 heavy (non-hydrogen) atoms. The van der Waals surface area contributed by atoms with Crippen molar-refractivity contribution in [3.63, 3.8) is 0 Å². The van der Waals surface area contributed by atoms with E-state index in [9.17, 15) is 0 Å². The SMILES string of the molecule is OB(O)c1ccc2c(ccc3ccoc32)c1. The number of hydrogen-bond donors (Lipinski definition) is 2. The van der Waals surface area contributed by atoms with Gasteiger partial charge in [-0.05, 0) is 16.9 Å². The Balaban J connectivity index is 2.37. The zero-order valence-electron chi connectivity index (χ0n) is 8.42. The van der Waals surface area contributed by atoms with E-state index in [-0.39, 0.29) is 0 Å². The summed E-state index contributed by atoms with van der Waals surface area (Å²) in [5, 5.41) is 21.1. The molecule has 0 aliphatic heterocycles.